The molecule has 0 radical (unpaired) electrons. The second kappa shape index (κ2) is 11.7. The Morgan fingerprint density at radius 3 is 2.29 bits per heavy atom. The summed E-state index contributed by atoms with van der Waals surface area (Å²) in [5.74, 6) is -7.22. The van der Waals surface area contributed by atoms with Crippen molar-refractivity contribution in [1.29, 1.82) is 0 Å². The third kappa shape index (κ3) is 6.85. The van der Waals surface area contributed by atoms with E-state index in [2.05, 4.69) is 20.2 Å². The number of carbonyl (C=O) groups excluding carboxylic acids is 2. The topological polar surface area (TPSA) is 133 Å². The van der Waals surface area contributed by atoms with E-state index in [1.807, 2.05) is 0 Å². The van der Waals surface area contributed by atoms with Crippen molar-refractivity contribution in [3.8, 4) is 0 Å². The Hall–Kier alpha value is -3.82. The van der Waals surface area contributed by atoms with Crippen LogP contribution in [0.1, 0.15) is 93.2 Å². The molecule has 2 amide bonds. The van der Waals surface area contributed by atoms with E-state index in [4.69, 9.17) is 4.74 Å². The molecule has 3 aromatic heterocycles. The highest BCUT2D eigenvalue weighted by Gasteiger charge is 2.59. The quantitative estimate of drug-likeness (QED) is 0.305. The lowest BCUT2D eigenvalue weighted by atomic mass is 9.90. The Morgan fingerprint density at radius 2 is 1.71 bits per heavy atom. The standard InChI is InChI=1S/C33H40F4N6O5/c1-30(2,3)48-29(45)43-16-32(47,17-43)15-41-10-8-18(9-11-41)22-13-42-14-23(24(31(4,5)46)25(35)27(42)39-22)40-28(44)21-7-6-20(34)26(38-21)19-12-33(19,36)37/h6-7,13-14,18-19,46-47H,8-12,15-17H2,1-5H3,(H,40,44). The third-order valence-corrected chi connectivity index (χ3v) is 8.97. The van der Waals surface area contributed by atoms with Crippen LogP contribution in [0, 0.1) is 11.6 Å². The number of piperidine rings is 1. The zero-order chi connectivity index (χ0) is 35.0. The smallest absolute Gasteiger partial charge is 0.410 e. The molecule has 6 rings (SSSR count). The molecule has 3 N–H and O–H groups in total. The first-order valence-electron chi connectivity index (χ1n) is 16.0. The van der Waals surface area contributed by atoms with Crippen LogP contribution in [0.15, 0.2) is 24.5 Å². The predicted molar refractivity (Wildman–Crippen MR) is 166 cm³/mol. The van der Waals surface area contributed by atoms with E-state index < -0.39 is 64.4 Å². The largest absolute Gasteiger partial charge is 0.444 e. The number of halogens is 4. The number of pyridine rings is 2. The van der Waals surface area contributed by atoms with E-state index in [9.17, 15) is 33.0 Å². The van der Waals surface area contributed by atoms with E-state index in [0.29, 0.717) is 38.2 Å². The SMILES string of the molecule is CC(C)(C)OC(=O)N1CC(O)(CN2CCC(c3cn4cc(NC(=O)c5ccc(F)c(C6CC6(F)F)n5)c(C(C)(C)O)c(F)c4n3)CC2)C1. The van der Waals surface area contributed by atoms with E-state index in [0.717, 1.165) is 12.1 Å². The number of amides is 2. The van der Waals surface area contributed by atoms with Crippen LogP contribution in [-0.4, -0.2) is 96.2 Å². The summed E-state index contributed by atoms with van der Waals surface area (Å²) in [6.45, 7) is 10.1. The van der Waals surface area contributed by atoms with E-state index >= 15 is 4.39 Å². The van der Waals surface area contributed by atoms with Crippen molar-refractivity contribution in [3.05, 3.63) is 58.8 Å². The van der Waals surface area contributed by atoms with Gasteiger partial charge in [-0.05, 0) is 72.7 Å². The molecule has 1 atom stereocenters. The summed E-state index contributed by atoms with van der Waals surface area (Å²) < 4.78 is 64.3. The number of aromatic nitrogens is 3. The molecule has 5 heterocycles. The van der Waals surface area contributed by atoms with Crippen LogP contribution in [0.5, 0.6) is 0 Å². The van der Waals surface area contributed by atoms with Crippen molar-refractivity contribution in [2.75, 3.05) is 38.0 Å². The van der Waals surface area contributed by atoms with E-state index in [1.165, 1.54) is 29.3 Å². The maximum atomic E-state index is 16.0. The van der Waals surface area contributed by atoms with Crippen molar-refractivity contribution >= 4 is 23.3 Å². The summed E-state index contributed by atoms with van der Waals surface area (Å²) >= 11 is 0. The molecule has 0 aromatic carbocycles. The van der Waals surface area contributed by atoms with Gasteiger partial charge in [-0.1, -0.05) is 0 Å². The first kappa shape index (κ1) is 34.1. The molecule has 3 aliphatic rings. The van der Waals surface area contributed by atoms with Gasteiger partial charge < -0.3 is 34.5 Å². The second-order valence-corrected chi connectivity index (χ2v) is 14.8. The van der Waals surface area contributed by atoms with Crippen molar-refractivity contribution in [3.63, 3.8) is 0 Å². The minimum Gasteiger partial charge on any atom is -0.444 e. The molecule has 11 nitrogen and oxygen atoms in total. The average Bonchev–Trinajstić information content (AvgIpc) is 3.36. The number of β-amino-alcohol motifs (C(OH)–C–C–N with tert-alkyl or cyclic N) is 1. The van der Waals surface area contributed by atoms with Gasteiger partial charge in [-0.2, -0.15) is 0 Å². The predicted octanol–water partition coefficient (Wildman–Crippen LogP) is 4.77. The number of ether oxygens (including phenoxy) is 1. The Morgan fingerprint density at radius 1 is 1.06 bits per heavy atom. The third-order valence-electron chi connectivity index (χ3n) is 8.97. The molecule has 48 heavy (non-hydrogen) atoms. The number of nitrogens with zero attached hydrogens (tertiary/aromatic N) is 5. The highest BCUT2D eigenvalue weighted by atomic mass is 19.3. The molecule has 15 heteroatoms. The lowest BCUT2D eigenvalue weighted by molar-refractivity contribution is -0.114. The molecule has 2 aliphatic heterocycles. The second-order valence-electron chi connectivity index (χ2n) is 14.8. The molecule has 260 valence electrons. The number of likely N-dealkylation sites (tertiary alicyclic amines) is 2. The van der Waals surface area contributed by atoms with Gasteiger partial charge in [0.25, 0.3) is 11.8 Å². The molecule has 0 bridgehead atoms. The summed E-state index contributed by atoms with van der Waals surface area (Å²) in [5, 5.41) is 24.4. The zero-order valence-corrected chi connectivity index (χ0v) is 27.5. The summed E-state index contributed by atoms with van der Waals surface area (Å²) in [4.78, 5) is 37.4. The zero-order valence-electron chi connectivity index (χ0n) is 27.5. The highest BCUT2D eigenvalue weighted by molar-refractivity contribution is 6.03. The fourth-order valence-electron chi connectivity index (χ4n) is 6.54. The number of anilines is 1. The number of carbonyl (C=O) groups is 2. The Balaban J connectivity index is 1.15. The van der Waals surface area contributed by atoms with Gasteiger partial charge in [-0.3, -0.25) is 4.79 Å². The van der Waals surface area contributed by atoms with Crippen LogP contribution < -0.4 is 5.32 Å². The molecule has 0 spiro atoms. The Labute approximate surface area is 274 Å². The average molecular weight is 677 g/mol. The Kier molecular flexibility index (Phi) is 8.27. The number of alkyl halides is 2. The van der Waals surface area contributed by atoms with Gasteiger partial charge >= 0.3 is 6.09 Å². The minimum absolute atomic E-state index is 0.0270. The minimum atomic E-state index is -3.09. The molecule has 2 saturated heterocycles. The van der Waals surface area contributed by atoms with Crippen molar-refractivity contribution < 1.29 is 42.1 Å². The number of nitrogens with one attached hydrogen (secondary N) is 1. The fourth-order valence-corrected chi connectivity index (χ4v) is 6.54. The lowest BCUT2D eigenvalue weighted by Gasteiger charge is -2.49. The van der Waals surface area contributed by atoms with Gasteiger partial charge in [0.2, 0.25) is 0 Å². The van der Waals surface area contributed by atoms with Crippen LogP contribution in [0.4, 0.5) is 28.0 Å². The van der Waals surface area contributed by atoms with Crippen molar-refractivity contribution in [2.45, 2.75) is 88.4 Å². The maximum Gasteiger partial charge on any atom is 0.410 e. The van der Waals surface area contributed by atoms with Gasteiger partial charge in [0.05, 0.1) is 41.7 Å². The van der Waals surface area contributed by atoms with E-state index in [-0.39, 0.29) is 41.6 Å². The van der Waals surface area contributed by atoms with Crippen molar-refractivity contribution in [1.82, 2.24) is 24.2 Å². The van der Waals surface area contributed by atoms with Crippen LogP contribution in [0.3, 0.4) is 0 Å². The molecule has 1 saturated carbocycles. The molecule has 3 aromatic rings. The molecule has 3 fully saturated rings. The fraction of sp³-hybridized carbons (Fsp3) is 0.576. The van der Waals surface area contributed by atoms with Gasteiger partial charge in [-0.15, -0.1) is 0 Å². The van der Waals surface area contributed by atoms with E-state index in [1.54, 1.807) is 27.0 Å². The summed E-state index contributed by atoms with van der Waals surface area (Å²) in [5.41, 5.74) is -4.01. The first-order valence-corrected chi connectivity index (χ1v) is 16.0. The van der Waals surface area contributed by atoms with Crippen LogP contribution >= 0.6 is 0 Å². The van der Waals surface area contributed by atoms with Crippen LogP contribution in [0.2, 0.25) is 0 Å². The molecule has 1 unspecified atom stereocenters. The normalized spacial score (nSPS) is 21.2. The van der Waals surface area contributed by atoms with Crippen LogP contribution in [0.25, 0.3) is 5.65 Å². The lowest BCUT2D eigenvalue weighted by Crippen LogP contribution is -2.68. The number of hydrogen-bond donors (Lipinski definition) is 3. The monoisotopic (exact) mass is 676 g/mol. The van der Waals surface area contributed by atoms with Gasteiger partial charge in [0.1, 0.15) is 22.7 Å². The first-order chi connectivity index (χ1) is 22.2. The highest BCUT2D eigenvalue weighted by Crippen LogP contribution is 2.55. The summed E-state index contributed by atoms with van der Waals surface area (Å²) in [6.07, 6.45) is 3.41. The number of fused-ring (bicyclic) bond motifs is 1. The maximum absolute atomic E-state index is 16.0. The van der Waals surface area contributed by atoms with Gasteiger partial charge in [0, 0.05) is 36.8 Å². The molecular weight excluding hydrogens is 636 g/mol. The molecule has 1 aliphatic carbocycles. The number of imidazole rings is 1. The number of rotatable bonds is 7. The summed E-state index contributed by atoms with van der Waals surface area (Å²) in [6, 6.07) is 1.95. The van der Waals surface area contributed by atoms with Gasteiger partial charge in [0.15, 0.2) is 11.5 Å². The Bertz CT molecular complexity index is 1750. The van der Waals surface area contributed by atoms with Gasteiger partial charge in [-0.25, -0.2) is 32.3 Å². The number of hydrogen-bond acceptors (Lipinski definition) is 8. The molecular formula is C33H40F4N6O5. The van der Waals surface area contributed by atoms with Crippen LogP contribution in [-0.2, 0) is 10.3 Å². The summed E-state index contributed by atoms with van der Waals surface area (Å²) in [7, 11) is 0. The number of aliphatic hydroxyl groups is 2. The van der Waals surface area contributed by atoms with Crippen molar-refractivity contribution in [2.24, 2.45) is 0 Å².